The highest BCUT2D eigenvalue weighted by Gasteiger charge is 2.35. The van der Waals surface area contributed by atoms with E-state index in [-0.39, 0.29) is 45.6 Å². The molecule has 13 heteroatoms. The van der Waals surface area contributed by atoms with E-state index in [4.69, 9.17) is 25.8 Å². The largest absolute Gasteiger partial charge is 0.495 e. The fraction of sp³-hybridized carbons (Fsp3) is 0.394. The Balaban J connectivity index is 1.76. The minimum atomic E-state index is -4.43. The van der Waals surface area contributed by atoms with E-state index in [1.54, 1.807) is 13.0 Å². The van der Waals surface area contributed by atoms with Gasteiger partial charge in [-0.25, -0.2) is 8.42 Å². The molecule has 1 aliphatic carbocycles. The van der Waals surface area contributed by atoms with Gasteiger partial charge in [0.05, 0.1) is 31.9 Å². The number of methoxy groups -OCH3 is 3. The molecule has 0 saturated heterocycles. The molecular weight excluding hydrogens is 698 g/mol. The van der Waals surface area contributed by atoms with Crippen LogP contribution in [-0.2, 0) is 26.2 Å². The topological polar surface area (TPSA) is 114 Å². The SMILES string of the molecule is COc1ccc(S(=O)(=O)N(CC(=O)N(Cc2ccc(Br)cc2)[C@H](C)C(=O)NC2CCCCC2)c2cc(Cl)ccc2OC)cc1OC. The smallest absolute Gasteiger partial charge is 0.265 e. The zero-order valence-electron chi connectivity index (χ0n) is 26.3. The van der Waals surface area contributed by atoms with Crippen LogP contribution in [0.4, 0.5) is 5.69 Å². The van der Waals surface area contributed by atoms with Crippen molar-refractivity contribution >= 4 is 55.1 Å². The van der Waals surface area contributed by atoms with Crippen molar-refractivity contribution < 1.29 is 32.2 Å². The number of rotatable bonds is 13. The number of nitrogens with one attached hydrogen (secondary N) is 1. The van der Waals surface area contributed by atoms with E-state index in [1.165, 1.54) is 56.6 Å². The zero-order chi connectivity index (χ0) is 33.4. The van der Waals surface area contributed by atoms with Crippen LogP contribution in [0.2, 0.25) is 5.02 Å². The van der Waals surface area contributed by atoms with Gasteiger partial charge in [0, 0.05) is 28.1 Å². The van der Waals surface area contributed by atoms with Crippen molar-refractivity contribution in [3.63, 3.8) is 0 Å². The molecule has 10 nitrogen and oxygen atoms in total. The molecule has 0 spiro atoms. The third-order valence-corrected chi connectivity index (χ3v) is 10.5. The highest BCUT2D eigenvalue weighted by atomic mass is 79.9. The second-order valence-corrected chi connectivity index (χ2v) is 14.2. The predicted octanol–water partition coefficient (Wildman–Crippen LogP) is 6.19. The Morgan fingerprint density at radius 3 is 2.17 bits per heavy atom. The number of anilines is 1. The Hall–Kier alpha value is -3.48. The van der Waals surface area contributed by atoms with E-state index < -0.39 is 28.5 Å². The van der Waals surface area contributed by atoms with Gasteiger partial charge in [0.15, 0.2) is 11.5 Å². The standard InChI is InChI=1S/C33H39BrClN3O7S/c1-22(33(40)36-26-8-6-5-7-9-26)37(20-23-10-12-24(34)13-11-23)32(39)21-38(28-18-25(35)14-16-29(28)43-2)46(41,42)27-15-17-30(44-3)31(19-27)45-4/h10-19,22,26H,5-9,20-21H2,1-4H3,(H,36,40)/t22-/m1/s1. The molecule has 0 aliphatic heterocycles. The summed E-state index contributed by atoms with van der Waals surface area (Å²) in [6.07, 6.45) is 4.96. The van der Waals surface area contributed by atoms with Crippen LogP contribution < -0.4 is 23.8 Å². The van der Waals surface area contributed by atoms with Crippen LogP contribution in [0.1, 0.15) is 44.6 Å². The molecule has 1 N–H and O–H groups in total. The van der Waals surface area contributed by atoms with E-state index in [0.29, 0.717) is 5.75 Å². The first-order valence-corrected chi connectivity index (χ1v) is 17.5. The maximum atomic E-state index is 14.4. The van der Waals surface area contributed by atoms with E-state index >= 15 is 0 Å². The summed E-state index contributed by atoms with van der Waals surface area (Å²) >= 11 is 9.77. The summed E-state index contributed by atoms with van der Waals surface area (Å²) in [6.45, 7) is 1.08. The lowest BCUT2D eigenvalue weighted by Gasteiger charge is -2.33. The zero-order valence-corrected chi connectivity index (χ0v) is 29.5. The molecule has 3 aromatic carbocycles. The molecule has 248 valence electrons. The number of carbonyl (C=O) groups excluding carboxylic acids is 2. The molecule has 1 atom stereocenters. The average Bonchev–Trinajstić information content (AvgIpc) is 3.06. The first kappa shape index (κ1) is 35.4. The number of amides is 2. The van der Waals surface area contributed by atoms with Gasteiger partial charge in [-0.2, -0.15) is 0 Å². The van der Waals surface area contributed by atoms with Crippen LogP contribution in [0.15, 0.2) is 70.0 Å². The molecule has 0 radical (unpaired) electrons. The highest BCUT2D eigenvalue weighted by Crippen LogP contribution is 2.37. The van der Waals surface area contributed by atoms with Crippen molar-refractivity contribution in [2.75, 3.05) is 32.2 Å². The molecule has 0 aromatic heterocycles. The molecule has 0 bridgehead atoms. The number of carbonyl (C=O) groups is 2. The van der Waals surface area contributed by atoms with Crippen molar-refractivity contribution in [2.24, 2.45) is 0 Å². The summed E-state index contributed by atoms with van der Waals surface area (Å²) < 4.78 is 46.7. The number of hydrogen-bond acceptors (Lipinski definition) is 7. The minimum absolute atomic E-state index is 0.0333. The van der Waals surface area contributed by atoms with Crippen molar-refractivity contribution in [1.29, 1.82) is 0 Å². The summed E-state index contributed by atoms with van der Waals surface area (Å²) in [5.41, 5.74) is 0.824. The molecule has 3 aromatic rings. The monoisotopic (exact) mass is 735 g/mol. The Morgan fingerprint density at radius 1 is 0.913 bits per heavy atom. The maximum absolute atomic E-state index is 14.4. The summed E-state index contributed by atoms with van der Waals surface area (Å²) in [6, 6.07) is 15.2. The van der Waals surface area contributed by atoms with E-state index in [1.807, 2.05) is 24.3 Å². The lowest BCUT2D eigenvalue weighted by atomic mass is 9.95. The lowest BCUT2D eigenvalue weighted by molar-refractivity contribution is -0.139. The van der Waals surface area contributed by atoms with Crippen LogP contribution in [-0.4, -0.2) is 65.1 Å². The van der Waals surface area contributed by atoms with Gasteiger partial charge in [0.1, 0.15) is 18.3 Å². The number of nitrogens with zero attached hydrogens (tertiary/aromatic N) is 2. The van der Waals surface area contributed by atoms with E-state index in [2.05, 4.69) is 21.2 Å². The predicted molar refractivity (Wildman–Crippen MR) is 181 cm³/mol. The van der Waals surface area contributed by atoms with Crippen molar-refractivity contribution in [2.45, 2.75) is 62.6 Å². The van der Waals surface area contributed by atoms with Gasteiger partial charge in [0.2, 0.25) is 11.8 Å². The lowest BCUT2D eigenvalue weighted by Crippen LogP contribution is -2.53. The van der Waals surface area contributed by atoms with E-state index in [9.17, 15) is 18.0 Å². The molecule has 1 aliphatic rings. The number of ether oxygens (including phenoxy) is 3. The maximum Gasteiger partial charge on any atom is 0.265 e. The quantitative estimate of drug-likeness (QED) is 0.223. The van der Waals surface area contributed by atoms with Gasteiger partial charge >= 0.3 is 0 Å². The van der Waals surface area contributed by atoms with Gasteiger partial charge in [-0.05, 0) is 67.8 Å². The normalized spacial score (nSPS) is 14.2. The highest BCUT2D eigenvalue weighted by molar-refractivity contribution is 9.10. The first-order valence-electron chi connectivity index (χ1n) is 14.9. The Morgan fingerprint density at radius 2 is 1.54 bits per heavy atom. The van der Waals surface area contributed by atoms with E-state index in [0.717, 1.165) is 46.4 Å². The van der Waals surface area contributed by atoms with Gasteiger partial charge in [0.25, 0.3) is 10.0 Å². The van der Waals surface area contributed by atoms with Crippen LogP contribution in [0, 0.1) is 0 Å². The molecule has 0 heterocycles. The summed E-state index contributed by atoms with van der Waals surface area (Å²) in [7, 11) is -0.194. The molecule has 4 rings (SSSR count). The van der Waals surface area contributed by atoms with Gasteiger partial charge < -0.3 is 24.4 Å². The van der Waals surface area contributed by atoms with Crippen molar-refractivity contribution in [3.05, 3.63) is 75.7 Å². The minimum Gasteiger partial charge on any atom is -0.495 e. The Kier molecular flexibility index (Phi) is 12.2. The summed E-state index contributed by atoms with van der Waals surface area (Å²) in [5.74, 6) is -0.184. The fourth-order valence-electron chi connectivity index (χ4n) is 5.41. The number of sulfonamides is 1. The Labute approximate surface area is 284 Å². The van der Waals surface area contributed by atoms with Crippen molar-refractivity contribution in [1.82, 2.24) is 10.2 Å². The van der Waals surface area contributed by atoms with Crippen LogP contribution in [0.25, 0.3) is 0 Å². The fourth-order valence-corrected chi connectivity index (χ4v) is 7.28. The molecule has 0 unspecified atom stereocenters. The molecule has 2 amide bonds. The van der Waals surface area contributed by atoms with Crippen molar-refractivity contribution in [3.8, 4) is 17.2 Å². The summed E-state index contributed by atoms with van der Waals surface area (Å²) in [5, 5.41) is 3.34. The number of benzene rings is 3. The molecule has 46 heavy (non-hydrogen) atoms. The van der Waals surface area contributed by atoms with Gasteiger partial charge in [-0.1, -0.05) is 58.9 Å². The molecule has 1 saturated carbocycles. The van der Waals surface area contributed by atoms with Crippen LogP contribution in [0.3, 0.4) is 0 Å². The van der Waals surface area contributed by atoms with Gasteiger partial charge in [-0.3, -0.25) is 13.9 Å². The van der Waals surface area contributed by atoms with Crippen LogP contribution >= 0.6 is 27.5 Å². The second kappa shape index (κ2) is 15.9. The second-order valence-electron chi connectivity index (χ2n) is 11.0. The molecule has 1 fully saturated rings. The van der Waals surface area contributed by atoms with Gasteiger partial charge in [-0.15, -0.1) is 0 Å². The third kappa shape index (κ3) is 8.45. The average molecular weight is 737 g/mol. The molecular formula is C33H39BrClN3O7S. The first-order chi connectivity index (χ1) is 22.0. The van der Waals surface area contributed by atoms with Crippen LogP contribution in [0.5, 0.6) is 17.2 Å². The number of halogens is 2. The number of hydrogen-bond donors (Lipinski definition) is 1. The third-order valence-electron chi connectivity index (χ3n) is 8.02. The Bertz CT molecular complexity index is 1630. The summed E-state index contributed by atoms with van der Waals surface area (Å²) in [4.78, 5) is 29.1.